The van der Waals surface area contributed by atoms with Crippen molar-refractivity contribution < 1.29 is 5.21 Å². The normalized spacial score (nSPS) is 12.2. The van der Waals surface area contributed by atoms with Crippen LogP contribution in [0.25, 0.3) is 11.2 Å². The summed E-state index contributed by atoms with van der Waals surface area (Å²) >= 11 is 0. The van der Waals surface area contributed by atoms with E-state index in [0.717, 1.165) is 0 Å². The SMILES string of the molecule is CC(CCn1cnc2c(N)ncnc21)=NO. The number of anilines is 1. The number of oxime groups is 1. The molecule has 2 rings (SSSR count). The van der Waals surface area contributed by atoms with Gasteiger partial charge in [0, 0.05) is 13.0 Å². The zero-order valence-corrected chi connectivity index (χ0v) is 8.83. The highest BCUT2D eigenvalue weighted by Gasteiger charge is 2.07. The molecule has 0 saturated carbocycles. The van der Waals surface area contributed by atoms with Crippen LogP contribution in [0.4, 0.5) is 5.82 Å². The van der Waals surface area contributed by atoms with Crippen molar-refractivity contribution >= 4 is 22.7 Å². The summed E-state index contributed by atoms with van der Waals surface area (Å²) in [6.45, 7) is 2.39. The Morgan fingerprint density at radius 1 is 1.50 bits per heavy atom. The number of aryl methyl sites for hydroxylation is 1. The average molecular weight is 220 g/mol. The minimum absolute atomic E-state index is 0.372. The number of hydrogen-bond acceptors (Lipinski definition) is 6. The second-order valence-corrected chi connectivity index (χ2v) is 3.45. The topological polar surface area (TPSA) is 102 Å². The van der Waals surface area contributed by atoms with Gasteiger partial charge in [-0.15, -0.1) is 0 Å². The number of hydrogen-bond donors (Lipinski definition) is 2. The fourth-order valence-corrected chi connectivity index (χ4v) is 1.39. The molecule has 3 N–H and O–H groups in total. The van der Waals surface area contributed by atoms with E-state index in [4.69, 9.17) is 10.9 Å². The average Bonchev–Trinajstić information content (AvgIpc) is 2.70. The lowest BCUT2D eigenvalue weighted by Gasteiger charge is -2.02. The van der Waals surface area contributed by atoms with Gasteiger partial charge in [-0.2, -0.15) is 0 Å². The van der Waals surface area contributed by atoms with Gasteiger partial charge in [0.1, 0.15) is 11.8 Å². The van der Waals surface area contributed by atoms with Gasteiger partial charge in [-0.25, -0.2) is 15.0 Å². The van der Waals surface area contributed by atoms with Gasteiger partial charge < -0.3 is 15.5 Å². The van der Waals surface area contributed by atoms with Crippen molar-refractivity contribution in [3.8, 4) is 0 Å². The van der Waals surface area contributed by atoms with Gasteiger partial charge >= 0.3 is 0 Å². The van der Waals surface area contributed by atoms with Crippen LogP contribution >= 0.6 is 0 Å². The molecule has 0 atom stereocenters. The zero-order valence-electron chi connectivity index (χ0n) is 8.83. The first-order chi connectivity index (χ1) is 7.72. The molecule has 2 heterocycles. The lowest BCUT2D eigenvalue weighted by Crippen LogP contribution is -2.03. The molecule has 7 nitrogen and oxygen atoms in total. The first-order valence-electron chi connectivity index (χ1n) is 4.81. The Balaban J connectivity index is 2.29. The van der Waals surface area contributed by atoms with Gasteiger partial charge in [-0.1, -0.05) is 5.16 Å². The highest BCUT2D eigenvalue weighted by molar-refractivity contribution is 5.82. The maximum absolute atomic E-state index is 8.54. The summed E-state index contributed by atoms with van der Waals surface area (Å²) in [6, 6.07) is 0. The molecule has 0 fully saturated rings. The lowest BCUT2D eigenvalue weighted by atomic mass is 10.3. The summed E-state index contributed by atoms with van der Waals surface area (Å²) in [5.74, 6) is 0.372. The van der Waals surface area contributed by atoms with E-state index in [1.807, 2.05) is 4.57 Å². The number of rotatable bonds is 3. The fraction of sp³-hybridized carbons (Fsp3) is 0.333. The standard InChI is InChI=1S/C9H12N6O/c1-6(14-16)2-3-15-5-13-7-8(10)11-4-12-9(7)15/h4-5,16H,2-3H2,1H3,(H2,10,11,12). The predicted molar refractivity (Wildman–Crippen MR) is 59.2 cm³/mol. The molecular weight excluding hydrogens is 208 g/mol. The van der Waals surface area contributed by atoms with Crippen LogP contribution in [-0.2, 0) is 6.54 Å². The molecule has 16 heavy (non-hydrogen) atoms. The van der Waals surface area contributed by atoms with Crippen molar-refractivity contribution in [2.45, 2.75) is 19.9 Å². The highest BCUT2D eigenvalue weighted by Crippen LogP contribution is 2.14. The van der Waals surface area contributed by atoms with E-state index in [9.17, 15) is 0 Å². The predicted octanol–water partition coefficient (Wildman–Crippen LogP) is 0.649. The van der Waals surface area contributed by atoms with E-state index < -0.39 is 0 Å². The van der Waals surface area contributed by atoms with Crippen LogP contribution in [0.3, 0.4) is 0 Å². The molecule has 7 heteroatoms. The van der Waals surface area contributed by atoms with Gasteiger partial charge in [-0.3, -0.25) is 0 Å². The van der Waals surface area contributed by atoms with E-state index in [-0.39, 0.29) is 0 Å². The maximum Gasteiger partial charge on any atom is 0.165 e. The third-order valence-electron chi connectivity index (χ3n) is 2.31. The molecule has 0 radical (unpaired) electrons. The summed E-state index contributed by atoms with van der Waals surface area (Å²) in [5.41, 5.74) is 7.61. The van der Waals surface area contributed by atoms with E-state index in [1.54, 1.807) is 13.3 Å². The maximum atomic E-state index is 8.54. The van der Waals surface area contributed by atoms with Gasteiger partial charge in [-0.05, 0) is 6.92 Å². The van der Waals surface area contributed by atoms with Gasteiger partial charge in [0.25, 0.3) is 0 Å². The Bertz CT molecular complexity index is 532. The molecule has 0 saturated heterocycles. The smallest absolute Gasteiger partial charge is 0.165 e. The van der Waals surface area contributed by atoms with Crippen molar-refractivity contribution in [2.24, 2.45) is 5.16 Å². The largest absolute Gasteiger partial charge is 0.411 e. The van der Waals surface area contributed by atoms with E-state index >= 15 is 0 Å². The second kappa shape index (κ2) is 4.13. The molecule has 2 aromatic rings. The lowest BCUT2D eigenvalue weighted by molar-refractivity contribution is 0.317. The fourth-order valence-electron chi connectivity index (χ4n) is 1.39. The third kappa shape index (κ3) is 1.79. The molecular formula is C9H12N6O. The van der Waals surface area contributed by atoms with Crippen LogP contribution in [0.15, 0.2) is 17.8 Å². The molecule has 0 spiro atoms. The Hall–Kier alpha value is -2.18. The second-order valence-electron chi connectivity index (χ2n) is 3.45. The Morgan fingerprint density at radius 2 is 2.31 bits per heavy atom. The molecule has 0 aliphatic rings. The Kier molecular flexibility index (Phi) is 2.67. The molecule has 2 aromatic heterocycles. The summed E-state index contributed by atoms with van der Waals surface area (Å²) in [6.07, 6.45) is 3.69. The van der Waals surface area contributed by atoms with Crippen LogP contribution in [-0.4, -0.2) is 30.4 Å². The van der Waals surface area contributed by atoms with Crippen LogP contribution in [0.2, 0.25) is 0 Å². The number of aromatic nitrogens is 4. The molecule has 0 unspecified atom stereocenters. The number of nitrogens with zero attached hydrogens (tertiary/aromatic N) is 5. The minimum atomic E-state index is 0.372. The summed E-state index contributed by atoms with van der Waals surface area (Å²) in [4.78, 5) is 12.1. The first kappa shape index (κ1) is 10.3. The van der Waals surface area contributed by atoms with Gasteiger partial charge in [0.05, 0.1) is 12.0 Å². The summed E-state index contributed by atoms with van der Waals surface area (Å²) in [5, 5.41) is 11.6. The number of nitrogen functional groups attached to an aromatic ring is 1. The quantitative estimate of drug-likeness (QED) is 0.449. The molecule has 0 amide bonds. The van der Waals surface area contributed by atoms with Crippen LogP contribution in [0.1, 0.15) is 13.3 Å². The number of fused-ring (bicyclic) bond motifs is 1. The summed E-state index contributed by atoms with van der Waals surface area (Å²) in [7, 11) is 0. The molecule has 0 aromatic carbocycles. The van der Waals surface area contributed by atoms with Crippen LogP contribution in [0.5, 0.6) is 0 Å². The zero-order chi connectivity index (χ0) is 11.5. The monoisotopic (exact) mass is 220 g/mol. The first-order valence-corrected chi connectivity index (χ1v) is 4.81. The molecule has 0 bridgehead atoms. The minimum Gasteiger partial charge on any atom is -0.411 e. The van der Waals surface area contributed by atoms with E-state index in [2.05, 4.69) is 20.1 Å². The van der Waals surface area contributed by atoms with Crippen molar-refractivity contribution in [1.29, 1.82) is 0 Å². The highest BCUT2D eigenvalue weighted by atomic mass is 16.4. The number of nitrogens with two attached hydrogens (primary N) is 1. The van der Waals surface area contributed by atoms with Crippen molar-refractivity contribution in [3.63, 3.8) is 0 Å². The number of imidazole rings is 1. The Labute approximate surface area is 91.6 Å². The van der Waals surface area contributed by atoms with Crippen molar-refractivity contribution in [2.75, 3.05) is 5.73 Å². The molecule has 0 aliphatic carbocycles. The van der Waals surface area contributed by atoms with Crippen LogP contribution < -0.4 is 5.73 Å². The molecule has 0 aliphatic heterocycles. The van der Waals surface area contributed by atoms with E-state index in [0.29, 0.717) is 35.7 Å². The Morgan fingerprint density at radius 3 is 3.06 bits per heavy atom. The van der Waals surface area contributed by atoms with Crippen molar-refractivity contribution in [1.82, 2.24) is 19.5 Å². The van der Waals surface area contributed by atoms with E-state index in [1.165, 1.54) is 6.33 Å². The third-order valence-corrected chi connectivity index (χ3v) is 2.31. The van der Waals surface area contributed by atoms with Crippen LogP contribution in [0, 0.1) is 0 Å². The van der Waals surface area contributed by atoms with Gasteiger partial charge in [0.15, 0.2) is 11.5 Å². The molecule has 84 valence electrons. The van der Waals surface area contributed by atoms with Crippen molar-refractivity contribution in [3.05, 3.63) is 12.7 Å². The summed E-state index contributed by atoms with van der Waals surface area (Å²) < 4.78 is 1.85. The van der Waals surface area contributed by atoms with Gasteiger partial charge in [0.2, 0.25) is 0 Å².